The van der Waals surface area contributed by atoms with Crippen molar-refractivity contribution in [1.82, 2.24) is 4.90 Å². The fourth-order valence-corrected chi connectivity index (χ4v) is 10.5. The van der Waals surface area contributed by atoms with Crippen LogP contribution in [0.4, 0.5) is 0 Å². The highest BCUT2D eigenvalue weighted by molar-refractivity contribution is 5.88. The number of piperidine rings is 2. The Morgan fingerprint density at radius 3 is 2.50 bits per heavy atom. The van der Waals surface area contributed by atoms with Crippen LogP contribution in [-0.4, -0.2) is 56.9 Å². The Bertz CT molecular complexity index is 783. The zero-order valence-corrected chi connectivity index (χ0v) is 20.3. The predicted octanol–water partition coefficient (Wildman–Crippen LogP) is 4.15. The van der Waals surface area contributed by atoms with Gasteiger partial charge in [0, 0.05) is 25.0 Å². The first-order chi connectivity index (χ1) is 15.2. The van der Waals surface area contributed by atoms with Gasteiger partial charge in [-0.15, -0.1) is 0 Å². The SMILES string of the molecule is C[C@@H]1CC[C@@H]2N(C1)C[C@H]1[C@@H]3C[C@H]4[C@@H](C/C(=N\O)[C@@H]5C[C@H](O)CC[C@]54C)[C@@H]3CC[C@@H]1[C@]2(C)O. The molecule has 12 atom stereocenters. The zero-order chi connectivity index (χ0) is 22.4. The van der Waals surface area contributed by atoms with Crippen molar-refractivity contribution in [1.29, 1.82) is 0 Å². The summed E-state index contributed by atoms with van der Waals surface area (Å²) in [7, 11) is 0. The average Bonchev–Trinajstić information content (AvgIpc) is 3.14. The van der Waals surface area contributed by atoms with Gasteiger partial charge in [-0.3, -0.25) is 4.90 Å². The fourth-order valence-electron chi connectivity index (χ4n) is 10.5. The molecule has 2 saturated heterocycles. The molecule has 0 spiro atoms. The molecule has 4 saturated carbocycles. The van der Waals surface area contributed by atoms with Gasteiger partial charge in [-0.05, 0) is 112 Å². The molecule has 0 aromatic rings. The normalized spacial score (nSPS) is 59.0. The van der Waals surface area contributed by atoms with E-state index in [-0.39, 0.29) is 17.4 Å². The number of nitrogens with zero attached hydrogens (tertiary/aromatic N) is 2. The molecule has 0 aromatic carbocycles. The van der Waals surface area contributed by atoms with Crippen molar-refractivity contribution in [3.8, 4) is 0 Å². The van der Waals surface area contributed by atoms with E-state index in [1.54, 1.807) is 0 Å². The number of fused-ring (bicyclic) bond motifs is 8. The first-order valence-corrected chi connectivity index (χ1v) is 13.6. The highest BCUT2D eigenvalue weighted by atomic mass is 16.4. The standard InChI is InChI=1S/C27H44N2O3/c1-15-4-7-25-27(3,31)21-6-5-17-18(20(21)14-29(25)13-15)11-22-19(17)12-24(28-32)23-10-16(30)8-9-26(22,23)2/h15-23,25,30-32H,4-14H2,1-3H3/b28-24+/t15-,16-,17-,18-,19+,20+,21+,22+,23+,25+,26+,27+/m1/s1. The number of hydrogen-bond acceptors (Lipinski definition) is 5. The average molecular weight is 445 g/mol. The molecular formula is C27H44N2O3. The molecule has 0 bridgehead atoms. The van der Waals surface area contributed by atoms with E-state index in [2.05, 4.69) is 30.8 Å². The summed E-state index contributed by atoms with van der Waals surface area (Å²) in [6, 6.07) is 0.343. The van der Waals surface area contributed by atoms with E-state index in [9.17, 15) is 15.4 Å². The number of aliphatic hydroxyl groups excluding tert-OH is 1. The Hall–Kier alpha value is -0.650. The van der Waals surface area contributed by atoms with Crippen LogP contribution in [-0.2, 0) is 0 Å². The molecule has 3 N–H and O–H groups in total. The Labute approximate surface area is 193 Å². The van der Waals surface area contributed by atoms with Crippen LogP contribution in [0.5, 0.6) is 0 Å². The molecule has 6 fully saturated rings. The van der Waals surface area contributed by atoms with Gasteiger partial charge < -0.3 is 15.4 Å². The minimum atomic E-state index is -0.569. The van der Waals surface area contributed by atoms with Crippen LogP contribution in [0.3, 0.4) is 0 Å². The molecule has 4 aliphatic carbocycles. The Morgan fingerprint density at radius 2 is 1.72 bits per heavy atom. The Morgan fingerprint density at radius 1 is 0.906 bits per heavy atom. The van der Waals surface area contributed by atoms with Crippen LogP contribution in [0.25, 0.3) is 0 Å². The lowest BCUT2D eigenvalue weighted by Crippen LogP contribution is -2.67. The molecule has 0 unspecified atom stereocenters. The van der Waals surface area contributed by atoms with Crippen molar-refractivity contribution in [3.05, 3.63) is 0 Å². The number of oxime groups is 1. The molecular weight excluding hydrogens is 400 g/mol. The van der Waals surface area contributed by atoms with E-state index in [1.165, 1.54) is 25.8 Å². The van der Waals surface area contributed by atoms with Gasteiger partial charge in [-0.2, -0.15) is 0 Å². The molecule has 5 heteroatoms. The van der Waals surface area contributed by atoms with Gasteiger partial charge in [0.05, 0.1) is 17.4 Å². The lowest BCUT2D eigenvalue weighted by molar-refractivity contribution is -0.175. The van der Waals surface area contributed by atoms with Crippen LogP contribution >= 0.6 is 0 Å². The highest BCUT2D eigenvalue weighted by Crippen LogP contribution is 2.66. The molecule has 180 valence electrons. The Balaban J connectivity index is 1.32. The topological polar surface area (TPSA) is 76.3 Å². The minimum absolute atomic E-state index is 0.149. The van der Waals surface area contributed by atoms with Crippen LogP contribution in [0.1, 0.15) is 78.6 Å². The molecule has 2 heterocycles. The maximum Gasteiger partial charge on any atom is 0.0805 e. The first kappa shape index (κ1) is 21.9. The van der Waals surface area contributed by atoms with Gasteiger partial charge in [-0.25, -0.2) is 0 Å². The quantitative estimate of drug-likeness (QED) is 0.388. The monoisotopic (exact) mass is 444 g/mol. The summed E-state index contributed by atoms with van der Waals surface area (Å²) in [5.41, 5.74) is 0.549. The summed E-state index contributed by atoms with van der Waals surface area (Å²) in [5, 5.41) is 36.0. The second kappa shape index (κ2) is 7.42. The third kappa shape index (κ3) is 2.95. The van der Waals surface area contributed by atoms with Crippen LogP contribution < -0.4 is 0 Å². The maximum absolute atomic E-state index is 11.9. The number of hydrogen-bond donors (Lipinski definition) is 3. The largest absolute Gasteiger partial charge is 0.411 e. The fraction of sp³-hybridized carbons (Fsp3) is 0.963. The van der Waals surface area contributed by atoms with E-state index >= 15 is 0 Å². The molecule has 6 rings (SSSR count). The van der Waals surface area contributed by atoms with Gasteiger partial charge >= 0.3 is 0 Å². The van der Waals surface area contributed by atoms with E-state index in [1.807, 2.05) is 0 Å². The van der Waals surface area contributed by atoms with E-state index in [4.69, 9.17) is 0 Å². The van der Waals surface area contributed by atoms with Crippen molar-refractivity contribution >= 4 is 5.71 Å². The summed E-state index contributed by atoms with van der Waals surface area (Å²) >= 11 is 0. The van der Waals surface area contributed by atoms with Crippen molar-refractivity contribution < 1.29 is 15.4 Å². The van der Waals surface area contributed by atoms with Gasteiger partial charge in [0.15, 0.2) is 0 Å². The van der Waals surface area contributed by atoms with Gasteiger partial charge in [0.25, 0.3) is 0 Å². The van der Waals surface area contributed by atoms with E-state index in [0.717, 1.165) is 56.7 Å². The van der Waals surface area contributed by atoms with Crippen molar-refractivity contribution in [2.24, 2.45) is 57.9 Å². The van der Waals surface area contributed by atoms with Crippen molar-refractivity contribution in [2.75, 3.05) is 13.1 Å². The zero-order valence-electron chi connectivity index (χ0n) is 20.3. The molecule has 5 nitrogen and oxygen atoms in total. The summed E-state index contributed by atoms with van der Waals surface area (Å²) < 4.78 is 0. The predicted molar refractivity (Wildman–Crippen MR) is 124 cm³/mol. The Kier molecular flexibility index (Phi) is 5.07. The lowest BCUT2D eigenvalue weighted by atomic mass is 9.51. The van der Waals surface area contributed by atoms with Crippen molar-refractivity contribution in [2.45, 2.75) is 96.3 Å². The second-order valence-electron chi connectivity index (χ2n) is 13.3. The number of rotatable bonds is 0. The minimum Gasteiger partial charge on any atom is -0.411 e. The molecule has 6 aliphatic rings. The van der Waals surface area contributed by atoms with Gasteiger partial charge in [0.1, 0.15) is 0 Å². The summed E-state index contributed by atoms with van der Waals surface area (Å²) in [6.07, 6.45) is 9.45. The van der Waals surface area contributed by atoms with Gasteiger partial charge in [0.2, 0.25) is 0 Å². The third-order valence-corrected chi connectivity index (χ3v) is 12.0. The van der Waals surface area contributed by atoms with Crippen LogP contribution in [0, 0.1) is 52.8 Å². The van der Waals surface area contributed by atoms with Crippen molar-refractivity contribution in [3.63, 3.8) is 0 Å². The number of aliphatic hydroxyl groups is 2. The third-order valence-electron chi connectivity index (χ3n) is 12.0. The molecule has 0 aromatic heterocycles. The molecule has 0 amide bonds. The highest BCUT2D eigenvalue weighted by Gasteiger charge is 2.64. The van der Waals surface area contributed by atoms with Crippen LogP contribution in [0.15, 0.2) is 5.16 Å². The van der Waals surface area contributed by atoms with Crippen LogP contribution in [0.2, 0.25) is 0 Å². The van der Waals surface area contributed by atoms with Gasteiger partial charge in [-0.1, -0.05) is 19.0 Å². The van der Waals surface area contributed by atoms with E-state index < -0.39 is 5.60 Å². The molecule has 0 radical (unpaired) electrons. The summed E-state index contributed by atoms with van der Waals surface area (Å²) in [6.45, 7) is 9.30. The summed E-state index contributed by atoms with van der Waals surface area (Å²) in [5.74, 6) is 4.68. The summed E-state index contributed by atoms with van der Waals surface area (Å²) in [4.78, 5) is 2.67. The maximum atomic E-state index is 11.9. The smallest absolute Gasteiger partial charge is 0.0805 e. The van der Waals surface area contributed by atoms with E-state index in [0.29, 0.717) is 41.5 Å². The lowest BCUT2D eigenvalue weighted by Gasteiger charge is -2.59. The molecule has 2 aliphatic heterocycles. The first-order valence-electron chi connectivity index (χ1n) is 13.6. The second-order valence-corrected chi connectivity index (χ2v) is 13.3. The molecule has 32 heavy (non-hydrogen) atoms.